The Bertz CT molecular complexity index is 374. The zero-order valence-corrected chi connectivity index (χ0v) is 8.67. The van der Waals surface area contributed by atoms with Crippen molar-refractivity contribution >= 4 is 16.3 Å². The van der Waals surface area contributed by atoms with Crippen LogP contribution >= 0.6 is 0 Å². The molecule has 6 nitrogen and oxygen atoms in total. The van der Waals surface area contributed by atoms with Crippen molar-refractivity contribution in [2.24, 2.45) is 0 Å². The summed E-state index contributed by atoms with van der Waals surface area (Å²) in [7, 11) is -3.92. The van der Waals surface area contributed by atoms with Crippen molar-refractivity contribution in [1.82, 2.24) is 0 Å². The predicted octanol–water partition coefficient (Wildman–Crippen LogP) is 0.429. The van der Waals surface area contributed by atoms with E-state index in [-0.39, 0.29) is 0 Å². The molecule has 94 valence electrons. The molecule has 0 aromatic heterocycles. The largest absolute Gasteiger partial charge is 0.508 e. The highest BCUT2D eigenvalue weighted by atomic mass is 32.2. The van der Waals surface area contributed by atoms with E-state index in [1.54, 1.807) is 0 Å². The maximum atomic E-state index is 12.4. The Kier molecular flexibility index (Phi) is 3.33. The van der Waals surface area contributed by atoms with Crippen molar-refractivity contribution in [2.45, 2.75) is 17.5 Å². The van der Waals surface area contributed by atoms with E-state index in [4.69, 9.17) is 0 Å². The third kappa shape index (κ3) is 2.55. The maximum absolute atomic E-state index is 12.4. The van der Waals surface area contributed by atoms with Crippen molar-refractivity contribution in [1.29, 1.82) is 0 Å². The number of ether oxygens (including phenoxy) is 2. The van der Waals surface area contributed by atoms with Gasteiger partial charge in [-0.25, -0.2) is 4.79 Å². The van der Waals surface area contributed by atoms with Crippen LogP contribution in [0.15, 0.2) is 0 Å². The zero-order valence-electron chi connectivity index (χ0n) is 7.85. The zero-order chi connectivity index (χ0) is 12.6. The van der Waals surface area contributed by atoms with Crippen molar-refractivity contribution in [2.75, 3.05) is 13.7 Å². The summed E-state index contributed by atoms with van der Waals surface area (Å²) in [6, 6.07) is 0. The summed E-state index contributed by atoms with van der Waals surface area (Å²) in [5.41, 5.74) is 0. The van der Waals surface area contributed by atoms with Crippen LogP contribution in [-0.2, 0) is 23.8 Å². The molecule has 2 unspecified atom stereocenters. The molecule has 2 atom stereocenters. The number of hydrogen-bond acceptors (Lipinski definition) is 6. The summed E-state index contributed by atoms with van der Waals surface area (Å²) in [6.07, 6.45) is -8.43. The SMILES string of the molecule is COC(=O)OC1COS(=O)(=O)C1C(F)(F)F. The van der Waals surface area contributed by atoms with Gasteiger partial charge in [0.15, 0.2) is 6.10 Å². The van der Waals surface area contributed by atoms with Gasteiger partial charge in [0.05, 0.1) is 7.11 Å². The summed E-state index contributed by atoms with van der Waals surface area (Å²) >= 11 is 0. The molecule has 0 bridgehead atoms. The second kappa shape index (κ2) is 4.09. The lowest BCUT2D eigenvalue weighted by Gasteiger charge is -2.18. The van der Waals surface area contributed by atoms with Gasteiger partial charge in [-0.15, -0.1) is 0 Å². The highest BCUT2D eigenvalue weighted by molar-refractivity contribution is 7.87. The maximum Gasteiger partial charge on any atom is 0.508 e. The fraction of sp³-hybridized carbons (Fsp3) is 0.833. The number of carbonyl (C=O) groups excluding carboxylic acids is 1. The van der Waals surface area contributed by atoms with E-state index < -0.39 is 40.4 Å². The van der Waals surface area contributed by atoms with Crippen molar-refractivity contribution < 1.29 is 40.0 Å². The normalized spacial score (nSPS) is 28.8. The summed E-state index contributed by atoms with van der Waals surface area (Å²) in [6.45, 7) is -0.873. The summed E-state index contributed by atoms with van der Waals surface area (Å²) in [5.74, 6) is 0. The Morgan fingerprint density at radius 3 is 2.44 bits per heavy atom. The van der Waals surface area contributed by atoms with Crippen LogP contribution in [0.3, 0.4) is 0 Å². The molecule has 1 aliphatic rings. The van der Waals surface area contributed by atoms with Gasteiger partial charge in [0.25, 0.3) is 10.1 Å². The molecule has 1 saturated heterocycles. The molecule has 0 amide bonds. The van der Waals surface area contributed by atoms with Crippen molar-refractivity contribution in [3.8, 4) is 0 Å². The summed E-state index contributed by atoms with van der Waals surface area (Å²) < 4.78 is 71.0. The van der Waals surface area contributed by atoms with Gasteiger partial charge in [0.2, 0.25) is 5.25 Å². The van der Waals surface area contributed by atoms with Crippen LogP contribution in [-0.4, -0.2) is 45.8 Å². The van der Waals surface area contributed by atoms with Crippen molar-refractivity contribution in [3.05, 3.63) is 0 Å². The summed E-state index contributed by atoms with van der Waals surface area (Å²) in [5, 5.41) is -2.88. The number of alkyl halides is 3. The Labute approximate surface area is 88.4 Å². The van der Waals surface area contributed by atoms with E-state index in [1.807, 2.05) is 0 Å². The Hall–Kier alpha value is -1.03. The van der Waals surface area contributed by atoms with Gasteiger partial charge >= 0.3 is 12.3 Å². The van der Waals surface area contributed by atoms with E-state index in [0.29, 0.717) is 0 Å². The summed E-state index contributed by atoms with van der Waals surface area (Å²) in [4.78, 5) is 10.6. The van der Waals surface area contributed by atoms with E-state index in [9.17, 15) is 26.4 Å². The molecule has 0 aromatic rings. The second-order valence-corrected chi connectivity index (χ2v) is 4.58. The average Bonchev–Trinajstić information content (AvgIpc) is 2.40. The van der Waals surface area contributed by atoms with Crippen LogP contribution in [0.1, 0.15) is 0 Å². The Morgan fingerprint density at radius 2 is 2.00 bits per heavy atom. The lowest BCUT2D eigenvalue weighted by atomic mass is 10.2. The lowest BCUT2D eigenvalue weighted by molar-refractivity contribution is -0.147. The molecule has 0 saturated carbocycles. The highest BCUT2D eigenvalue weighted by Crippen LogP contribution is 2.35. The van der Waals surface area contributed by atoms with Gasteiger partial charge in [-0.05, 0) is 0 Å². The molecule has 0 aliphatic carbocycles. The minimum absolute atomic E-state index is 0.873. The molecule has 1 rings (SSSR count). The quantitative estimate of drug-likeness (QED) is 0.504. The molecule has 1 fully saturated rings. The number of rotatable bonds is 1. The number of methoxy groups -OCH3 is 1. The number of hydrogen-bond donors (Lipinski definition) is 0. The highest BCUT2D eigenvalue weighted by Gasteiger charge is 2.60. The third-order valence-corrected chi connectivity index (χ3v) is 3.44. The molecular formula is C6H7F3O6S. The number of carbonyl (C=O) groups is 1. The van der Waals surface area contributed by atoms with Gasteiger partial charge in [-0.2, -0.15) is 21.6 Å². The van der Waals surface area contributed by atoms with E-state index >= 15 is 0 Å². The van der Waals surface area contributed by atoms with E-state index in [2.05, 4.69) is 13.7 Å². The van der Waals surface area contributed by atoms with Gasteiger partial charge in [-0.3, -0.25) is 4.18 Å². The first-order valence-corrected chi connectivity index (χ1v) is 5.35. The fourth-order valence-electron chi connectivity index (χ4n) is 1.15. The average molecular weight is 264 g/mol. The Balaban J connectivity index is 2.92. The molecule has 10 heteroatoms. The van der Waals surface area contributed by atoms with Crippen molar-refractivity contribution in [3.63, 3.8) is 0 Å². The molecule has 0 aromatic carbocycles. The molecular weight excluding hydrogens is 257 g/mol. The van der Waals surface area contributed by atoms with Gasteiger partial charge in [0.1, 0.15) is 6.61 Å². The van der Waals surface area contributed by atoms with Crippen LogP contribution in [0.5, 0.6) is 0 Å². The Morgan fingerprint density at radius 1 is 1.44 bits per heavy atom. The van der Waals surface area contributed by atoms with Gasteiger partial charge in [-0.1, -0.05) is 0 Å². The molecule has 1 aliphatic heterocycles. The monoisotopic (exact) mass is 264 g/mol. The fourth-order valence-corrected chi connectivity index (χ4v) is 2.45. The minimum Gasteiger partial charge on any atom is -0.438 e. The van der Waals surface area contributed by atoms with E-state index in [1.165, 1.54) is 0 Å². The smallest absolute Gasteiger partial charge is 0.438 e. The third-order valence-electron chi connectivity index (χ3n) is 1.78. The lowest BCUT2D eigenvalue weighted by Crippen LogP contribution is -2.43. The van der Waals surface area contributed by atoms with Crippen LogP contribution in [0, 0.1) is 0 Å². The topological polar surface area (TPSA) is 78.9 Å². The van der Waals surface area contributed by atoms with Crippen LogP contribution in [0.25, 0.3) is 0 Å². The first kappa shape index (κ1) is 13.0. The van der Waals surface area contributed by atoms with Gasteiger partial charge in [0, 0.05) is 0 Å². The number of halogens is 3. The van der Waals surface area contributed by atoms with Crippen LogP contribution < -0.4 is 0 Å². The molecule has 1 heterocycles. The molecule has 0 radical (unpaired) electrons. The minimum atomic E-state index is -5.08. The van der Waals surface area contributed by atoms with Gasteiger partial charge < -0.3 is 9.47 Å². The molecule has 0 N–H and O–H groups in total. The predicted molar refractivity (Wildman–Crippen MR) is 42.0 cm³/mol. The standard InChI is InChI=1S/C6H7F3O6S/c1-13-5(10)15-3-2-14-16(11,12)4(3)6(7,8)9/h3-4H,2H2,1H3. The molecule has 0 spiro atoms. The van der Waals surface area contributed by atoms with Crippen LogP contribution in [0.4, 0.5) is 18.0 Å². The first-order valence-electron chi connectivity index (χ1n) is 3.88. The first-order chi connectivity index (χ1) is 7.18. The van der Waals surface area contributed by atoms with Crippen LogP contribution in [0.2, 0.25) is 0 Å². The molecule has 16 heavy (non-hydrogen) atoms. The second-order valence-electron chi connectivity index (χ2n) is 2.85. The van der Waals surface area contributed by atoms with E-state index in [0.717, 1.165) is 7.11 Å².